The van der Waals surface area contributed by atoms with E-state index < -0.39 is 0 Å². The number of ketones is 1. The molecule has 0 aromatic carbocycles. The Kier molecular flexibility index (Phi) is 4.39. The van der Waals surface area contributed by atoms with Gasteiger partial charge in [0.25, 0.3) is 0 Å². The summed E-state index contributed by atoms with van der Waals surface area (Å²) in [5.74, 6) is 0.923. The zero-order valence-electron chi connectivity index (χ0n) is 10.6. The second-order valence-electron chi connectivity index (χ2n) is 5.50. The van der Waals surface area contributed by atoms with Crippen molar-refractivity contribution in [1.82, 2.24) is 4.90 Å². The summed E-state index contributed by atoms with van der Waals surface area (Å²) < 4.78 is 0. The summed E-state index contributed by atoms with van der Waals surface area (Å²) in [4.78, 5) is 14.6. The lowest BCUT2D eigenvalue weighted by Crippen LogP contribution is -2.36. The van der Waals surface area contributed by atoms with Crippen molar-refractivity contribution in [2.45, 2.75) is 64.3 Å². The molecule has 0 radical (unpaired) electrons. The van der Waals surface area contributed by atoms with Crippen molar-refractivity contribution in [3.63, 3.8) is 0 Å². The van der Waals surface area contributed by atoms with E-state index in [1.54, 1.807) is 0 Å². The van der Waals surface area contributed by atoms with E-state index >= 15 is 0 Å². The first-order chi connectivity index (χ1) is 7.81. The molecule has 0 aromatic rings. The SMILES string of the molecule is CCCN(CC(=O)C1CCCCC1)C1CC1. The fourth-order valence-electron chi connectivity index (χ4n) is 2.87. The van der Waals surface area contributed by atoms with E-state index in [4.69, 9.17) is 0 Å². The van der Waals surface area contributed by atoms with Crippen LogP contribution < -0.4 is 0 Å². The topological polar surface area (TPSA) is 20.3 Å². The molecule has 92 valence electrons. The van der Waals surface area contributed by atoms with Crippen LogP contribution in [0.5, 0.6) is 0 Å². The van der Waals surface area contributed by atoms with E-state index in [2.05, 4.69) is 11.8 Å². The van der Waals surface area contributed by atoms with Crippen molar-refractivity contribution in [2.24, 2.45) is 5.92 Å². The maximum Gasteiger partial charge on any atom is 0.149 e. The molecule has 2 heteroatoms. The van der Waals surface area contributed by atoms with Crippen LogP contribution in [0.3, 0.4) is 0 Å². The van der Waals surface area contributed by atoms with Crippen LogP contribution in [0, 0.1) is 5.92 Å². The van der Waals surface area contributed by atoms with Gasteiger partial charge >= 0.3 is 0 Å². The third-order valence-electron chi connectivity index (χ3n) is 3.99. The van der Waals surface area contributed by atoms with E-state index in [9.17, 15) is 4.79 Å². The average molecular weight is 223 g/mol. The molecule has 0 spiro atoms. The molecular weight excluding hydrogens is 198 g/mol. The molecule has 0 N–H and O–H groups in total. The van der Waals surface area contributed by atoms with E-state index in [0.29, 0.717) is 11.7 Å². The first-order valence-corrected chi connectivity index (χ1v) is 7.08. The van der Waals surface area contributed by atoms with Crippen LogP contribution in [0.2, 0.25) is 0 Å². The monoisotopic (exact) mass is 223 g/mol. The molecule has 0 unspecified atom stereocenters. The van der Waals surface area contributed by atoms with Crippen LogP contribution >= 0.6 is 0 Å². The second kappa shape index (κ2) is 5.81. The molecule has 0 saturated heterocycles. The Bertz CT molecular complexity index is 229. The smallest absolute Gasteiger partial charge is 0.149 e. The lowest BCUT2D eigenvalue weighted by atomic mass is 9.86. The third-order valence-corrected chi connectivity index (χ3v) is 3.99. The van der Waals surface area contributed by atoms with Gasteiger partial charge in [-0.25, -0.2) is 0 Å². The van der Waals surface area contributed by atoms with Gasteiger partial charge in [0.15, 0.2) is 0 Å². The molecule has 0 aliphatic heterocycles. The van der Waals surface area contributed by atoms with Gasteiger partial charge in [0.2, 0.25) is 0 Å². The Balaban J connectivity index is 1.79. The fraction of sp³-hybridized carbons (Fsp3) is 0.929. The molecule has 2 rings (SSSR count). The van der Waals surface area contributed by atoms with Gasteiger partial charge in [0.1, 0.15) is 5.78 Å². The minimum absolute atomic E-state index is 0.395. The molecule has 0 atom stereocenters. The van der Waals surface area contributed by atoms with Crippen molar-refractivity contribution >= 4 is 5.78 Å². The van der Waals surface area contributed by atoms with Crippen molar-refractivity contribution in [2.75, 3.05) is 13.1 Å². The largest absolute Gasteiger partial charge is 0.298 e. The van der Waals surface area contributed by atoms with Crippen molar-refractivity contribution in [1.29, 1.82) is 0 Å². The van der Waals surface area contributed by atoms with Crippen LogP contribution in [0.4, 0.5) is 0 Å². The lowest BCUT2D eigenvalue weighted by Gasteiger charge is -2.25. The van der Waals surface area contributed by atoms with Crippen LogP contribution in [-0.4, -0.2) is 29.8 Å². The van der Waals surface area contributed by atoms with Crippen molar-refractivity contribution < 1.29 is 4.79 Å². The summed E-state index contributed by atoms with van der Waals surface area (Å²) in [7, 11) is 0. The Labute approximate surface area is 99.4 Å². The van der Waals surface area contributed by atoms with Crippen LogP contribution in [0.1, 0.15) is 58.3 Å². The highest BCUT2D eigenvalue weighted by molar-refractivity contribution is 5.83. The number of carbonyl (C=O) groups is 1. The predicted molar refractivity (Wildman–Crippen MR) is 66.5 cm³/mol. The summed E-state index contributed by atoms with van der Waals surface area (Å²) in [6.07, 6.45) is 10.0. The summed E-state index contributed by atoms with van der Waals surface area (Å²) in [5, 5.41) is 0. The van der Waals surface area contributed by atoms with E-state index in [1.165, 1.54) is 38.5 Å². The minimum Gasteiger partial charge on any atom is -0.298 e. The highest BCUT2D eigenvalue weighted by atomic mass is 16.1. The van der Waals surface area contributed by atoms with E-state index in [0.717, 1.165) is 32.0 Å². The molecule has 2 saturated carbocycles. The van der Waals surface area contributed by atoms with Gasteiger partial charge in [-0.15, -0.1) is 0 Å². The highest BCUT2D eigenvalue weighted by Gasteiger charge is 2.31. The standard InChI is InChI=1S/C14H25NO/c1-2-10-15(13-8-9-13)11-14(16)12-6-4-3-5-7-12/h12-13H,2-11H2,1H3. The molecule has 16 heavy (non-hydrogen) atoms. The maximum atomic E-state index is 12.2. The molecule has 0 aromatic heterocycles. The first-order valence-electron chi connectivity index (χ1n) is 7.08. The number of rotatable bonds is 6. The van der Waals surface area contributed by atoms with Gasteiger partial charge in [0.05, 0.1) is 6.54 Å². The summed E-state index contributed by atoms with van der Waals surface area (Å²) in [6, 6.07) is 0.743. The quantitative estimate of drug-likeness (QED) is 0.690. The Morgan fingerprint density at radius 2 is 1.81 bits per heavy atom. The average Bonchev–Trinajstić information content (AvgIpc) is 3.13. The molecule has 2 fully saturated rings. The molecule has 2 aliphatic rings. The van der Waals surface area contributed by atoms with Crippen LogP contribution in [0.15, 0.2) is 0 Å². The van der Waals surface area contributed by atoms with E-state index in [1.807, 2.05) is 0 Å². The third kappa shape index (κ3) is 3.31. The number of Topliss-reactive ketones (excluding diaryl/α,β-unsaturated/α-hetero) is 1. The van der Waals surface area contributed by atoms with Gasteiger partial charge < -0.3 is 0 Å². The van der Waals surface area contributed by atoms with Crippen molar-refractivity contribution in [3.05, 3.63) is 0 Å². The molecule has 0 heterocycles. The minimum atomic E-state index is 0.395. The molecule has 2 aliphatic carbocycles. The van der Waals surface area contributed by atoms with Crippen molar-refractivity contribution in [3.8, 4) is 0 Å². The summed E-state index contributed by atoms with van der Waals surface area (Å²) in [5.41, 5.74) is 0. The Morgan fingerprint density at radius 1 is 1.12 bits per heavy atom. The number of carbonyl (C=O) groups excluding carboxylic acids is 1. The summed E-state index contributed by atoms with van der Waals surface area (Å²) in [6.45, 7) is 4.06. The number of hydrogen-bond acceptors (Lipinski definition) is 2. The van der Waals surface area contributed by atoms with Crippen LogP contribution in [0.25, 0.3) is 0 Å². The Morgan fingerprint density at radius 3 is 2.38 bits per heavy atom. The van der Waals surface area contributed by atoms with Gasteiger partial charge in [-0.2, -0.15) is 0 Å². The normalized spacial score (nSPS) is 22.6. The van der Waals surface area contributed by atoms with Gasteiger partial charge in [-0.3, -0.25) is 9.69 Å². The number of hydrogen-bond donors (Lipinski definition) is 0. The maximum absolute atomic E-state index is 12.2. The molecule has 0 amide bonds. The van der Waals surface area contributed by atoms with Gasteiger partial charge in [-0.05, 0) is 38.6 Å². The first kappa shape index (κ1) is 12.1. The zero-order chi connectivity index (χ0) is 11.4. The predicted octanol–water partition coefficient (Wildman–Crippen LogP) is 3.01. The fourth-order valence-corrected chi connectivity index (χ4v) is 2.87. The molecular formula is C14H25NO. The van der Waals surface area contributed by atoms with Gasteiger partial charge in [0, 0.05) is 12.0 Å². The van der Waals surface area contributed by atoms with E-state index in [-0.39, 0.29) is 0 Å². The molecule has 0 bridgehead atoms. The highest BCUT2D eigenvalue weighted by Crippen LogP contribution is 2.29. The zero-order valence-corrected chi connectivity index (χ0v) is 10.6. The van der Waals surface area contributed by atoms with Gasteiger partial charge in [-0.1, -0.05) is 26.2 Å². The van der Waals surface area contributed by atoms with Crippen LogP contribution in [-0.2, 0) is 4.79 Å². The lowest BCUT2D eigenvalue weighted by molar-refractivity contribution is -0.125. The Hall–Kier alpha value is -0.370. The molecule has 2 nitrogen and oxygen atoms in total. The second-order valence-corrected chi connectivity index (χ2v) is 5.50. The number of nitrogens with zero attached hydrogens (tertiary/aromatic N) is 1. The summed E-state index contributed by atoms with van der Waals surface area (Å²) >= 11 is 0.